The lowest BCUT2D eigenvalue weighted by Gasteiger charge is -2.13. The molecule has 0 saturated heterocycles. The van der Waals surface area contributed by atoms with Gasteiger partial charge in [-0.3, -0.25) is 9.97 Å². The Kier molecular flexibility index (Phi) is 4.89. The van der Waals surface area contributed by atoms with Crippen LogP contribution in [0.2, 0.25) is 0 Å². The molecule has 0 radical (unpaired) electrons. The van der Waals surface area contributed by atoms with E-state index in [0.717, 1.165) is 11.1 Å². The number of hydrogen-bond donors (Lipinski definition) is 0. The van der Waals surface area contributed by atoms with E-state index >= 15 is 0 Å². The van der Waals surface area contributed by atoms with Crippen molar-refractivity contribution in [3.63, 3.8) is 0 Å². The van der Waals surface area contributed by atoms with Crippen LogP contribution in [-0.4, -0.2) is 9.97 Å². The Balaban J connectivity index is 1.60. The smallest absolute Gasteiger partial charge is 0.0346 e. The first-order chi connectivity index (χ1) is 14.9. The molecule has 142 valence electrons. The van der Waals surface area contributed by atoms with E-state index in [1.807, 2.05) is 24.5 Å². The molecule has 2 heteroatoms. The molecule has 0 spiro atoms. The molecule has 0 saturated carbocycles. The summed E-state index contributed by atoms with van der Waals surface area (Å²) >= 11 is 0. The molecule has 0 aliphatic carbocycles. The average molecular weight is 384 g/mol. The minimum atomic E-state index is 1.12. The summed E-state index contributed by atoms with van der Waals surface area (Å²) in [5, 5.41) is 0. The molecule has 0 amide bonds. The average Bonchev–Trinajstić information content (AvgIpc) is 2.85. The molecule has 30 heavy (non-hydrogen) atoms. The summed E-state index contributed by atoms with van der Waals surface area (Å²) in [5.74, 6) is 0. The topological polar surface area (TPSA) is 25.8 Å². The van der Waals surface area contributed by atoms with Gasteiger partial charge in [0.1, 0.15) is 0 Å². The maximum absolute atomic E-state index is 4.26. The van der Waals surface area contributed by atoms with E-state index < -0.39 is 0 Å². The number of benzene rings is 3. The van der Waals surface area contributed by atoms with Crippen LogP contribution in [0, 0.1) is 0 Å². The van der Waals surface area contributed by atoms with Gasteiger partial charge in [0, 0.05) is 35.9 Å². The second kappa shape index (κ2) is 8.14. The fourth-order valence-corrected chi connectivity index (χ4v) is 3.79. The van der Waals surface area contributed by atoms with Crippen LogP contribution < -0.4 is 0 Å². The number of rotatable bonds is 4. The maximum Gasteiger partial charge on any atom is 0.0346 e. The summed E-state index contributed by atoms with van der Waals surface area (Å²) in [4.78, 5) is 8.52. The van der Waals surface area contributed by atoms with Crippen molar-refractivity contribution in [2.75, 3.05) is 0 Å². The summed E-state index contributed by atoms with van der Waals surface area (Å²) in [6.07, 6.45) is 7.42. The molecule has 0 bridgehead atoms. The monoisotopic (exact) mass is 384 g/mol. The van der Waals surface area contributed by atoms with Gasteiger partial charge in [0.15, 0.2) is 0 Å². The van der Waals surface area contributed by atoms with Crippen molar-refractivity contribution >= 4 is 0 Å². The van der Waals surface area contributed by atoms with Crippen LogP contribution in [-0.2, 0) is 0 Å². The Bertz CT molecular complexity index is 1180. The van der Waals surface area contributed by atoms with Crippen molar-refractivity contribution in [1.29, 1.82) is 0 Å². The summed E-state index contributed by atoms with van der Waals surface area (Å²) in [5.41, 5.74) is 9.39. The number of pyridine rings is 2. The molecule has 2 heterocycles. The molecule has 0 N–H and O–H groups in total. The van der Waals surface area contributed by atoms with Gasteiger partial charge in [0.2, 0.25) is 0 Å². The predicted molar refractivity (Wildman–Crippen MR) is 124 cm³/mol. The molecule has 2 nitrogen and oxygen atoms in total. The minimum Gasteiger partial charge on any atom is -0.264 e. The molecule has 0 aliphatic heterocycles. The van der Waals surface area contributed by atoms with Crippen LogP contribution in [0.1, 0.15) is 0 Å². The third-order valence-corrected chi connectivity index (χ3v) is 5.26. The van der Waals surface area contributed by atoms with Gasteiger partial charge in [0.05, 0.1) is 0 Å². The molecule has 0 fully saturated rings. The summed E-state index contributed by atoms with van der Waals surface area (Å²) in [6, 6.07) is 34.0. The van der Waals surface area contributed by atoms with Crippen LogP contribution in [0.5, 0.6) is 0 Å². The third-order valence-electron chi connectivity index (χ3n) is 5.26. The molecule has 0 atom stereocenters. The lowest BCUT2D eigenvalue weighted by molar-refractivity contribution is 1.33. The highest BCUT2D eigenvalue weighted by Crippen LogP contribution is 2.35. The number of hydrogen-bond acceptors (Lipinski definition) is 2. The molecule has 5 rings (SSSR count). The van der Waals surface area contributed by atoms with Crippen LogP contribution in [0.15, 0.2) is 122 Å². The van der Waals surface area contributed by atoms with Gasteiger partial charge in [0.25, 0.3) is 0 Å². The second-order valence-electron chi connectivity index (χ2n) is 7.19. The summed E-state index contributed by atoms with van der Waals surface area (Å²) < 4.78 is 0. The summed E-state index contributed by atoms with van der Waals surface area (Å²) in [7, 11) is 0. The first-order valence-electron chi connectivity index (χ1n) is 9.99. The Morgan fingerprint density at radius 3 is 1.23 bits per heavy atom. The second-order valence-corrected chi connectivity index (χ2v) is 7.19. The van der Waals surface area contributed by atoms with Gasteiger partial charge in [-0.2, -0.15) is 0 Å². The highest BCUT2D eigenvalue weighted by Gasteiger charge is 2.09. The Morgan fingerprint density at radius 1 is 0.367 bits per heavy atom. The third kappa shape index (κ3) is 3.63. The lowest BCUT2D eigenvalue weighted by Crippen LogP contribution is -1.87. The SMILES string of the molecule is c1cncc(-c2cccc(-c3ccccc3-c3cccc(-c4cccnc4)c3)c2)c1. The van der Waals surface area contributed by atoms with Crippen molar-refractivity contribution in [1.82, 2.24) is 9.97 Å². The van der Waals surface area contributed by atoms with Gasteiger partial charge in [-0.1, -0.05) is 72.8 Å². The molecular weight excluding hydrogens is 364 g/mol. The van der Waals surface area contributed by atoms with Crippen LogP contribution >= 0.6 is 0 Å². The van der Waals surface area contributed by atoms with Crippen LogP contribution in [0.25, 0.3) is 44.5 Å². The van der Waals surface area contributed by atoms with Crippen molar-refractivity contribution in [3.8, 4) is 44.5 Å². The van der Waals surface area contributed by atoms with Crippen LogP contribution in [0.4, 0.5) is 0 Å². The van der Waals surface area contributed by atoms with E-state index in [0.29, 0.717) is 0 Å². The summed E-state index contributed by atoms with van der Waals surface area (Å²) in [6.45, 7) is 0. The van der Waals surface area contributed by atoms with Gasteiger partial charge in [-0.25, -0.2) is 0 Å². The van der Waals surface area contributed by atoms with Gasteiger partial charge in [-0.05, 0) is 57.6 Å². The molecular formula is C28H20N2. The van der Waals surface area contributed by atoms with Gasteiger partial charge in [-0.15, -0.1) is 0 Å². The van der Waals surface area contributed by atoms with E-state index in [4.69, 9.17) is 0 Å². The first kappa shape index (κ1) is 18.0. The van der Waals surface area contributed by atoms with Crippen LogP contribution in [0.3, 0.4) is 0 Å². The Hall–Kier alpha value is -4.04. The number of nitrogens with zero attached hydrogens (tertiary/aromatic N) is 2. The Morgan fingerprint density at radius 2 is 0.800 bits per heavy atom. The molecule has 3 aromatic carbocycles. The Labute approximate surface area is 176 Å². The zero-order valence-corrected chi connectivity index (χ0v) is 16.4. The van der Waals surface area contributed by atoms with Crippen molar-refractivity contribution in [3.05, 3.63) is 122 Å². The van der Waals surface area contributed by atoms with Gasteiger partial charge >= 0.3 is 0 Å². The molecule has 0 aliphatic rings. The first-order valence-corrected chi connectivity index (χ1v) is 9.99. The fraction of sp³-hybridized carbons (Fsp3) is 0. The molecule has 0 unspecified atom stereocenters. The van der Waals surface area contributed by atoms with Crippen molar-refractivity contribution < 1.29 is 0 Å². The molecule has 5 aromatic rings. The zero-order valence-electron chi connectivity index (χ0n) is 16.4. The minimum absolute atomic E-state index is 1.12. The van der Waals surface area contributed by atoms with E-state index in [1.54, 1.807) is 12.4 Å². The lowest BCUT2D eigenvalue weighted by atomic mass is 9.91. The maximum atomic E-state index is 4.26. The van der Waals surface area contributed by atoms with E-state index in [2.05, 4.69) is 94.9 Å². The highest BCUT2D eigenvalue weighted by atomic mass is 14.6. The van der Waals surface area contributed by atoms with Crippen molar-refractivity contribution in [2.24, 2.45) is 0 Å². The van der Waals surface area contributed by atoms with E-state index in [1.165, 1.54) is 33.4 Å². The zero-order chi connectivity index (χ0) is 20.2. The van der Waals surface area contributed by atoms with E-state index in [-0.39, 0.29) is 0 Å². The van der Waals surface area contributed by atoms with Gasteiger partial charge < -0.3 is 0 Å². The largest absolute Gasteiger partial charge is 0.264 e. The normalized spacial score (nSPS) is 10.7. The van der Waals surface area contributed by atoms with E-state index in [9.17, 15) is 0 Å². The van der Waals surface area contributed by atoms with Crippen molar-refractivity contribution in [2.45, 2.75) is 0 Å². The fourth-order valence-electron chi connectivity index (χ4n) is 3.79. The highest BCUT2D eigenvalue weighted by molar-refractivity contribution is 5.86. The number of aromatic nitrogens is 2. The standard InChI is InChI=1S/C28H20N2/c1-2-14-28(24-10-4-8-22(18-24)26-12-6-16-30-20-26)27(13-1)23-9-3-7-21(17-23)25-11-5-15-29-19-25/h1-20H. The predicted octanol–water partition coefficient (Wildman–Crippen LogP) is 7.14. The quantitative estimate of drug-likeness (QED) is 0.329. The molecule has 2 aromatic heterocycles.